The van der Waals surface area contributed by atoms with E-state index in [1.807, 2.05) is 23.1 Å². The second-order valence-electron chi connectivity index (χ2n) is 5.65. The van der Waals surface area contributed by atoms with Crippen LogP contribution in [0.1, 0.15) is 11.1 Å². The lowest BCUT2D eigenvalue weighted by molar-refractivity contribution is -0.137. The summed E-state index contributed by atoms with van der Waals surface area (Å²) in [7, 11) is 0. The Morgan fingerprint density at radius 3 is 2.28 bits per heavy atom. The van der Waals surface area contributed by atoms with Gasteiger partial charge in [-0.15, -0.1) is 0 Å². The van der Waals surface area contributed by atoms with Crippen LogP contribution in [0.3, 0.4) is 0 Å². The molecule has 8 heteroatoms. The van der Waals surface area contributed by atoms with Gasteiger partial charge in [0.1, 0.15) is 11.9 Å². The third-order valence-electron chi connectivity index (χ3n) is 4.10. The van der Waals surface area contributed by atoms with Crippen molar-refractivity contribution < 1.29 is 13.2 Å². The van der Waals surface area contributed by atoms with Gasteiger partial charge < -0.3 is 9.80 Å². The van der Waals surface area contributed by atoms with Gasteiger partial charge in [0.2, 0.25) is 0 Å². The number of pyridine rings is 1. The summed E-state index contributed by atoms with van der Waals surface area (Å²) >= 11 is 3.35. The molecule has 2 aromatic rings. The van der Waals surface area contributed by atoms with Crippen molar-refractivity contribution in [1.29, 1.82) is 5.26 Å². The normalized spacial score (nSPS) is 15.2. The van der Waals surface area contributed by atoms with Crippen molar-refractivity contribution in [1.82, 2.24) is 4.98 Å². The van der Waals surface area contributed by atoms with Crippen LogP contribution in [0.15, 0.2) is 41.0 Å². The number of halogens is 4. The number of benzene rings is 1. The summed E-state index contributed by atoms with van der Waals surface area (Å²) < 4.78 is 39.3. The maximum atomic E-state index is 12.8. The lowest BCUT2D eigenvalue weighted by atomic mass is 10.1. The molecule has 0 unspecified atom stereocenters. The van der Waals surface area contributed by atoms with Crippen LogP contribution in [-0.4, -0.2) is 31.2 Å². The van der Waals surface area contributed by atoms with Gasteiger partial charge in [0.05, 0.1) is 16.8 Å². The number of alkyl halides is 3. The van der Waals surface area contributed by atoms with Crippen molar-refractivity contribution >= 4 is 27.4 Å². The third-order valence-corrected chi connectivity index (χ3v) is 4.57. The molecule has 1 fully saturated rings. The summed E-state index contributed by atoms with van der Waals surface area (Å²) in [4.78, 5) is 8.40. The fraction of sp³-hybridized carbons (Fsp3) is 0.294. The Bertz CT molecular complexity index is 791. The van der Waals surface area contributed by atoms with Gasteiger partial charge in [-0.05, 0) is 46.3 Å². The fourth-order valence-electron chi connectivity index (χ4n) is 2.81. The minimum absolute atomic E-state index is 0.0463. The van der Waals surface area contributed by atoms with Gasteiger partial charge in [-0.3, -0.25) is 0 Å². The first-order valence-electron chi connectivity index (χ1n) is 7.61. The summed E-state index contributed by atoms with van der Waals surface area (Å²) in [5.41, 5.74) is -0.213. The molecular weight excluding hydrogens is 397 g/mol. The summed E-state index contributed by atoms with van der Waals surface area (Å²) in [6.07, 6.45) is -2.72. The van der Waals surface area contributed by atoms with Crippen molar-refractivity contribution in [3.05, 3.63) is 52.1 Å². The lowest BCUT2D eigenvalue weighted by Crippen LogP contribution is -2.47. The zero-order chi connectivity index (χ0) is 18.0. The SMILES string of the molecule is N#Cc1cc(C(F)(F)F)ccc1N1CCN(c2ccc(Br)cn2)CC1. The Labute approximate surface area is 151 Å². The molecule has 0 bridgehead atoms. The molecule has 2 heterocycles. The van der Waals surface area contributed by atoms with Gasteiger partial charge >= 0.3 is 6.18 Å². The highest BCUT2D eigenvalue weighted by Crippen LogP contribution is 2.33. The summed E-state index contributed by atoms with van der Waals surface area (Å²) in [6.45, 7) is 2.58. The first-order chi connectivity index (χ1) is 11.9. The van der Waals surface area contributed by atoms with Gasteiger partial charge in [0.15, 0.2) is 0 Å². The number of aromatic nitrogens is 1. The highest BCUT2D eigenvalue weighted by molar-refractivity contribution is 9.10. The van der Waals surface area contributed by atoms with Gasteiger partial charge in [0.25, 0.3) is 0 Å². The average molecular weight is 411 g/mol. The second kappa shape index (κ2) is 6.92. The number of hydrogen-bond donors (Lipinski definition) is 0. The molecule has 1 aromatic heterocycles. The maximum absolute atomic E-state index is 12.8. The molecule has 1 saturated heterocycles. The van der Waals surface area contributed by atoms with Crippen molar-refractivity contribution in [3.8, 4) is 6.07 Å². The van der Waals surface area contributed by atoms with Crippen LogP contribution in [0.2, 0.25) is 0 Å². The molecule has 1 aromatic carbocycles. The fourth-order valence-corrected chi connectivity index (χ4v) is 3.04. The van der Waals surface area contributed by atoms with Crippen molar-refractivity contribution in [2.75, 3.05) is 36.0 Å². The van der Waals surface area contributed by atoms with E-state index in [2.05, 4.69) is 25.8 Å². The molecule has 1 aliphatic rings. The largest absolute Gasteiger partial charge is 0.416 e. The Morgan fingerprint density at radius 1 is 1.04 bits per heavy atom. The molecule has 0 saturated carbocycles. The average Bonchev–Trinajstić information content (AvgIpc) is 2.61. The van der Waals surface area contributed by atoms with E-state index in [0.717, 1.165) is 22.4 Å². The molecule has 0 atom stereocenters. The van der Waals surface area contributed by atoms with Crippen molar-refractivity contribution in [2.45, 2.75) is 6.18 Å². The summed E-state index contributed by atoms with van der Waals surface area (Å²) in [5, 5.41) is 9.23. The first-order valence-corrected chi connectivity index (χ1v) is 8.40. The Kier molecular flexibility index (Phi) is 4.86. The van der Waals surface area contributed by atoms with Crippen molar-refractivity contribution in [2.24, 2.45) is 0 Å². The molecule has 0 N–H and O–H groups in total. The van der Waals surface area contributed by atoms with Gasteiger partial charge in [0, 0.05) is 36.8 Å². The van der Waals surface area contributed by atoms with E-state index in [-0.39, 0.29) is 5.56 Å². The van der Waals surface area contributed by atoms with Crippen LogP contribution >= 0.6 is 15.9 Å². The van der Waals surface area contributed by atoms with Gasteiger partial charge in [-0.2, -0.15) is 18.4 Å². The van der Waals surface area contributed by atoms with Crippen LogP contribution in [0.25, 0.3) is 0 Å². The predicted octanol–water partition coefficient (Wildman–Crippen LogP) is 4.06. The zero-order valence-corrected chi connectivity index (χ0v) is 14.7. The smallest absolute Gasteiger partial charge is 0.367 e. The van der Waals surface area contributed by atoms with E-state index in [1.54, 1.807) is 6.20 Å². The van der Waals surface area contributed by atoms with Crippen molar-refractivity contribution in [3.63, 3.8) is 0 Å². The maximum Gasteiger partial charge on any atom is 0.416 e. The quantitative estimate of drug-likeness (QED) is 0.748. The van der Waals surface area contributed by atoms with E-state index in [0.29, 0.717) is 31.9 Å². The molecule has 1 aliphatic heterocycles. The molecule has 25 heavy (non-hydrogen) atoms. The molecular formula is C17H14BrF3N4. The number of anilines is 2. The molecule has 0 amide bonds. The third kappa shape index (κ3) is 3.87. The van der Waals surface area contributed by atoms with Gasteiger partial charge in [-0.25, -0.2) is 4.98 Å². The predicted molar refractivity (Wildman–Crippen MR) is 92.5 cm³/mol. The molecule has 4 nitrogen and oxygen atoms in total. The van der Waals surface area contributed by atoms with Crippen LogP contribution in [-0.2, 0) is 6.18 Å². The minimum atomic E-state index is -4.45. The highest BCUT2D eigenvalue weighted by atomic mass is 79.9. The molecule has 0 aliphatic carbocycles. The Hall–Kier alpha value is -2.27. The molecule has 3 rings (SSSR count). The number of rotatable bonds is 2. The van der Waals surface area contributed by atoms with Crippen LogP contribution < -0.4 is 9.80 Å². The summed E-state index contributed by atoms with van der Waals surface area (Å²) in [5.74, 6) is 0.857. The standard InChI is InChI=1S/C17H14BrF3N4/c18-14-2-4-16(23-11-14)25-7-5-24(6-8-25)15-3-1-13(17(19,20)21)9-12(15)10-22/h1-4,9,11H,5-8H2. The Morgan fingerprint density at radius 2 is 1.72 bits per heavy atom. The van der Waals surface area contributed by atoms with E-state index in [1.165, 1.54) is 6.07 Å². The van der Waals surface area contributed by atoms with Crippen LogP contribution in [0.4, 0.5) is 24.7 Å². The number of nitriles is 1. The topological polar surface area (TPSA) is 43.2 Å². The molecule has 130 valence electrons. The summed E-state index contributed by atoms with van der Waals surface area (Å²) in [6, 6.07) is 9.04. The monoisotopic (exact) mass is 410 g/mol. The highest BCUT2D eigenvalue weighted by Gasteiger charge is 2.31. The molecule has 0 radical (unpaired) electrons. The zero-order valence-electron chi connectivity index (χ0n) is 13.1. The van der Waals surface area contributed by atoms with E-state index in [9.17, 15) is 18.4 Å². The minimum Gasteiger partial charge on any atom is -0.367 e. The second-order valence-corrected chi connectivity index (χ2v) is 6.57. The molecule has 0 spiro atoms. The van der Waals surface area contributed by atoms with Gasteiger partial charge in [-0.1, -0.05) is 0 Å². The Balaban J connectivity index is 1.74. The van der Waals surface area contributed by atoms with Crippen LogP contribution in [0, 0.1) is 11.3 Å². The number of piperazine rings is 1. The number of nitrogens with zero attached hydrogens (tertiary/aromatic N) is 4. The van der Waals surface area contributed by atoms with E-state index < -0.39 is 11.7 Å². The van der Waals surface area contributed by atoms with E-state index in [4.69, 9.17) is 0 Å². The number of hydrogen-bond acceptors (Lipinski definition) is 4. The van der Waals surface area contributed by atoms with Crippen LogP contribution in [0.5, 0.6) is 0 Å². The lowest BCUT2D eigenvalue weighted by Gasteiger charge is -2.37. The van der Waals surface area contributed by atoms with E-state index >= 15 is 0 Å². The first kappa shape index (κ1) is 17.5.